The van der Waals surface area contributed by atoms with Crippen LogP contribution in [0.3, 0.4) is 0 Å². The molecular formula is C10H10F3NO4S. The van der Waals surface area contributed by atoms with E-state index in [1.807, 2.05) is 0 Å². The van der Waals surface area contributed by atoms with Gasteiger partial charge in [0.25, 0.3) is 0 Å². The predicted octanol–water partition coefficient (Wildman–Crippen LogP) is 2.52. The number of ether oxygens (including phenoxy) is 2. The molecule has 0 saturated carbocycles. The Kier molecular flexibility index (Phi) is 4.87. The number of hydrogen-bond acceptors (Lipinski definition) is 6. The molecule has 1 heterocycles. The number of thiazole rings is 1. The molecule has 0 spiro atoms. The van der Waals surface area contributed by atoms with E-state index in [1.165, 1.54) is 13.8 Å². The number of halogens is 3. The molecule has 0 aliphatic rings. The molecule has 0 fully saturated rings. The smallest absolute Gasteiger partial charge is 0.443 e. The summed E-state index contributed by atoms with van der Waals surface area (Å²) in [5.74, 6) is -2.11. The van der Waals surface area contributed by atoms with Crippen LogP contribution in [0.4, 0.5) is 13.2 Å². The number of alkyl halides is 3. The van der Waals surface area contributed by atoms with E-state index in [0.717, 1.165) is 0 Å². The standard InChI is InChI=1S/C10H10F3NO4S/c1-3-17-7(15)5-6(8(16)18-4-2)19-9(14-5)10(11,12)13/h3-4H2,1-2H3. The van der Waals surface area contributed by atoms with Crippen LogP contribution in [0.25, 0.3) is 0 Å². The van der Waals surface area contributed by atoms with E-state index in [-0.39, 0.29) is 24.6 Å². The van der Waals surface area contributed by atoms with E-state index in [2.05, 4.69) is 14.5 Å². The molecule has 0 aromatic carbocycles. The van der Waals surface area contributed by atoms with Gasteiger partial charge in [-0.3, -0.25) is 0 Å². The molecule has 106 valence electrons. The number of carbonyl (C=O) groups is 2. The molecule has 0 N–H and O–H groups in total. The van der Waals surface area contributed by atoms with Crippen molar-refractivity contribution >= 4 is 23.3 Å². The molecule has 19 heavy (non-hydrogen) atoms. The van der Waals surface area contributed by atoms with Gasteiger partial charge in [-0.2, -0.15) is 13.2 Å². The van der Waals surface area contributed by atoms with E-state index in [4.69, 9.17) is 0 Å². The molecule has 0 aliphatic carbocycles. The zero-order chi connectivity index (χ0) is 14.6. The van der Waals surface area contributed by atoms with Crippen molar-refractivity contribution in [1.29, 1.82) is 0 Å². The summed E-state index contributed by atoms with van der Waals surface area (Å²) in [6.45, 7) is 2.91. The first-order valence-electron chi connectivity index (χ1n) is 5.23. The summed E-state index contributed by atoms with van der Waals surface area (Å²) in [6.07, 6.45) is -4.74. The van der Waals surface area contributed by atoms with Gasteiger partial charge in [0.1, 0.15) is 4.88 Å². The maximum atomic E-state index is 12.5. The van der Waals surface area contributed by atoms with Crippen molar-refractivity contribution in [3.05, 3.63) is 15.6 Å². The number of aromatic nitrogens is 1. The van der Waals surface area contributed by atoms with Crippen LogP contribution in [-0.2, 0) is 15.7 Å². The lowest BCUT2D eigenvalue weighted by Crippen LogP contribution is -2.13. The van der Waals surface area contributed by atoms with E-state index in [9.17, 15) is 22.8 Å². The molecule has 0 unspecified atom stereocenters. The highest BCUT2D eigenvalue weighted by atomic mass is 32.1. The first-order valence-corrected chi connectivity index (χ1v) is 6.05. The monoisotopic (exact) mass is 297 g/mol. The zero-order valence-corrected chi connectivity index (χ0v) is 10.9. The maximum absolute atomic E-state index is 12.5. The maximum Gasteiger partial charge on any atom is 0.443 e. The van der Waals surface area contributed by atoms with Crippen molar-refractivity contribution in [2.45, 2.75) is 20.0 Å². The highest BCUT2D eigenvalue weighted by Crippen LogP contribution is 2.34. The molecule has 5 nitrogen and oxygen atoms in total. The third-order valence-electron chi connectivity index (χ3n) is 1.80. The Bertz CT molecular complexity index is 448. The summed E-state index contributed by atoms with van der Waals surface area (Å²) >= 11 is 0.0572. The first kappa shape index (κ1) is 15.4. The molecule has 9 heteroatoms. The number of rotatable bonds is 4. The Balaban J connectivity index is 3.22. The van der Waals surface area contributed by atoms with Gasteiger partial charge in [0.05, 0.1) is 13.2 Å². The van der Waals surface area contributed by atoms with Gasteiger partial charge in [-0.25, -0.2) is 14.6 Å². The average Bonchev–Trinajstić information content (AvgIpc) is 2.74. The summed E-state index contributed by atoms with van der Waals surface area (Å²) in [5.41, 5.74) is -0.669. The number of nitrogens with zero attached hydrogens (tertiary/aromatic N) is 1. The minimum absolute atomic E-state index is 0.0274. The number of carbonyl (C=O) groups excluding carboxylic acids is 2. The van der Waals surface area contributed by atoms with E-state index in [1.54, 1.807) is 0 Å². The molecule has 0 saturated heterocycles. The molecule has 0 radical (unpaired) electrons. The first-order chi connectivity index (χ1) is 8.81. The lowest BCUT2D eigenvalue weighted by molar-refractivity contribution is -0.137. The van der Waals surface area contributed by atoms with Gasteiger partial charge >= 0.3 is 18.1 Å². The van der Waals surface area contributed by atoms with Crippen molar-refractivity contribution in [1.82, 2.24) is 4.98 Å². The molecule has 0 atom stereocenters. The third kappa shape index (κ3) is 3.66. The molecule has 1 aromatic rings. The molecule has 1 aromatic heterocycles. The van der Waals surface area contributed by atoms with E-state index < -0.39 is 33.7 Å². The van der Waals surface area contributed by atoms with E-state index in [0.29, 0.717) is 0 Å². The summed E-state index contributed by atoms with van der Waals surface area (Å²) in [6, 6.07) is 0. The second-order valence-electron chi connectivity index (χ2n) is 3.14. The second-order valence-corrected chi connectivity index (χ2v) is 4.13. The number of hydrogen-bond donors (Lipinski definition) is 0. The normalized spacial score (nSPS) is 11.2. The molecule has 0 bridgehead atoms. The molecule has 1 rings (SSSR count). The largest absolute Gasteiger partial charge is 0.462 e. The minimum atomic E-state index is -4.74. The minimum Gasteiger partial charge on any atom is -0.462 e. The predicted molar refractivity (Wildman–Crippen MR) is 59.0 cm³/mol. The van der Waals surface area contributed by atoms with Crippen molar-refractivity contribution in [2.24, 2.45) is 0 Å². The summed E-state index contributed by atoms with van der Waals surface area (Å²) in [5, 5.41) is -1.29. The van der Waals surface area contributed by atoms with Crippen LogP contribution in [0.1, 0.15) is 39.0 Å². The molecular weight excluding hydrogens is 287 g/mol. The fourth-order valence-corrected chi connectivity index (χ4v) is 1.93. The Hall–Kier alpha value is -1.64. The van der Waals surface area contributed by atoms with Crippen molar-refractivity contribution in [3.63, 3.8) is 0 Å². The van der Waals surface area contributed by atoms with Crippen molar-refractivity contribution in [2.75, 3.05) is 13.2 Å². The van der Waals surface area contributed by atoms with Gasteiger partial charge < -0.3 is 9.47 Å². The van der Waals surface area contributed by atoms with E-state index >= 15 is 0 Å². The average molecular weight is 297 g/mol. The highest BCUT2D eigenvalue weighted by Gasteiger charge is 2.39. The van der Waals surface area contributed by atoms with Gasteiger partial charge in [0, 0.05) is 0 Å². The van der Waals surface area contributed by atoms with Crippen LogP contribution >= 0.6 is 11.3 Å². The SMILES string of the molecule is CCOC(=O)c1nc(C(F)(F)F)sc1C(=O)OCC. The third-order valence-corrected chi connectivity index (χ3v) is 2.88. The van der Waals surface area contributed by atoms with Crippen LogP contribution < -0.4 is 0 Å². The molecule has 0 amide bonds. The fourth-order valence-electron chi connectivity index (χ4n) is 1.11. The Morgan fingerprint density at radius 2 is 1.68 bits per heavy atom. The van der Waals surface area contributed by atoms with Crippen LogP contribution in [-0.4, -0.2) is 30.1 Å². The molecule has 0 aliphatic heterocycles. The zero-order valence-electron chi connectivity index (χ0n) is 10.0. The van der Waals surface area contributed by atoms with Crippen LogP contribution in [0.5, 0.6) is 0 Å². The Morgan fingerprint density at radius 3 is 2.16 bits per heavy atom. The van der Waals surface area contributed by atoms with Crippen LogP contribution in [0.2, 0.25) is 0 Å². The van der Waals surface area contributed by atoms with Gasteiger partial charge in [0.15, 0.2) is 10.7 Å². The topological polar surface area (TPSA) is 65.5 Å². The van der Waals surface area contributed by atoms with Gasteiger partial charge in [0.2, 0.25) is 0 Å². The van der Waals surface area contributed by atoms with Gasteiger partial charge in [-0.15, -0.1) is 11.3 Å². The highest BCUT2D eigenvalue weighted by molar-refractivity contribution is 7.14. The van der Waals surface area contributed by atoms with Crippen LogP contribution in [0.15, 0.2) is 0 Å². The summed E-state index contributed by atoms with van der Waals surface area (Å²) < 4.78 is 46.7. The van der Waals surface area contributed by atoms with Gasteiger partial charge in [-0.1, -0.05) is 0 Å². The van der Waals surface area contributed by atoms with Crippen LogP contribution in [0, 0.1) is 0 Å². The van der Waals surface area contributed by atoms with Gasteiger partial charge in [-0.05, 0) is 13.8 Å². The number of esters is 2. The lowest BCUT2D eigenvalue weighted by Gasteiger charge is -2.01. The lowest BCUT2D eigenvalue weighted by atomic mass is 10.3. The van der Waals surface area contributed by atoms with Crippen molar-refractivity contribution in [3.8, 4) is 0 Å². The Labute approximate surface area is 110 Å². The van der Waals surface area contributed by atoms with Crippen molar-refractivity contribution < 1.29 is 32.2 Å². The second kappa shape index (κ2) is 6.00. The fraction of sp³-hybridized carbons (Fsp3) is 0.500. The Morgan fingerprint density at radius 1 is 1.16 bits per heavy atom. The summed E-state index contributed by atoms with van der Waals surface area (Å²) in [4.78, 5) is 25.6. The summed E-state index contributed by atoms with van der Waals surface area (Å²) in [7, 11) is 0. The quantitative estimate of drug-likeness (QED) is 0.799.